The second-order valence-electron chi connectivity index (χ2n) is 6.61. The highest BCUT2D eigenvalue weighted by Crippen LogP contribution is 2.42. The summed E-state index contributed by atoms with van der Waals surface area (Å²) in [5.74, 6) is 3.22. The number of amides is 1. The summed E-state index contributed by atoms with van der Waals surface area (Å²) < 4.78 is 6.75. The molecule has 7 heteroatoms. The van der Waals surface area contributed by atoms with E-state index in [9.17, 15) is 4.79 Å². The summed E-state index contributed by atoms with van der Waals surface area (Å²) in [5, 5.41) is 15.5. The van der Waals surface area contributed by atoms with Crippen LogP contribution in [0.3, 0.4) is 0 Å². The Bertz CT molecular complexity index is 784. The van der Waals surface area contributed by atoms with Gasteiger partial charge in [0.2, 0.25) is 11.8 Å². The van der Waals surface area contributed by atoms with Crippen molar-refractivity contribution in [1.29, 1.82) is 0 Å². The van der Waals surface area contributed by atoms with Crippen molar-refractivity contribution in [3.63, 3.8) is 0 Å². The molecule has 2 bridgehead atoms. The third-order valence-electron chi connectivity index (χ3n) is 5.07. The van der Waals surface area contributed by atoms with Crippen LogP contribution < -0.4 is 10.1 Å². The van der Waals surface area contributed by atoms with E-state index < -0.39 is 0 Å². The molecule has 1 fully saturated rings. The Balaban J connectivity index is 1.31. The van der Waals surface area contributed by atoms with Gasteiger partial charge in [0.05, 0.1) is 7.11 Å². The fraction of sp³-hybridized carbons (Fsp3) is 0.529. The molecule has 2 aromatic heterocycles. The van der Waals surface area contributed by atoms with Gasteiger partial charge in [0.1, 0.15) is 0 Å². The quantitative estimate of drug-likeness (QED) is 0.811. The maximum atomic E-state index is 12.1. The Morgan fingerprint density at radius 2 is 2.25 bits per heavy atom. The van der Waals surface area contributed by atoms with E-state index in [4.69, 9.17) is 4.74 Å². The first-order valence-corrected chi connectivity index (χ1v) is 8.43. The van der Waals surface area contributed by atoms with E-state index >= 15 is 0 Å². The minimum Gasteiger partial charge on any atom is -0.480 e. The lowest BCUT2D eigenvalue weighted by molar-refractivity contribution is -0.121. The molecular formula is C17H21N5O2. The summed E-state index contributed by atoms with van der Waals surface area (Å²) in [6, 6.07) is 3.54. The SMILES string of the molecule is COc1ccc2nnc(CCC(=O)NC[C@@H]3C[C@@H]4C=C[C@H]3C4)n2n1. The third kappa shape index (κ3) is 2.86. The standard InChI is InChI=1S/C17H21N5O2/c1-24-17-7-5-15-20-19-14(22(15)21-17)4-6-16(23)18-10-13-9-11-2-3-12(13)8-11/h2-3,5,7,11-13H,4,6,8-10H2,1H3,(H,18,23)/t11-,12+,13+/m1/s1. The van der Waals surface area contributed by atoms with Gasteiger partial charge in [0, 0.05) is 25.5 Å². The van der Waals surface area contributed by atoms with Gasteiger partial charge in [-0.05, 0) is 36.7 Å². The number of aromatic nitrogens is 4. The monoisotopic (exact) mass is 327 g/mol. The van der Waals surface area contributed by atoms with Crippen molar-refractivity contribution in [2.75, 3.05) is 13.7 Å². The second kappa shape index (κ2) is 6.22. The van der Waals surface area contributed by atoms with Gasteiger partial charge in [0.25, 0.3) is 0 Å². The molecule has 0 radical (unpaired) electrons. The van der Waals surface area contributed by atoms with Crippen LogP contribution in [-0.4, -0.2) is 39.4 Å². The number of carbonyl (C=O) groups is 1. The maximum Gasteiger partial charge on any atom is 0.231 e. The molecule has 1 amide bonds. The highest BCUT2D eigenvalue weighted by molar-refractivity contribution is 5.76. The average molecular weight is 327 g/mol. The molecule has 2 aromatic rings. The van der Waals surface area contributed by atoms with E-state index in [0.29, 0.717) is 42.0 Å². The van der Waals surface area contributed by atoms with Crippen LogP contribution in [0.1, 0.15) is 25.1 Å². The van der Waals surface area contributed by atoms with Crippen LogP contribution in [0.25, 0.3) is 5.65 Å². The van der Waals surface area contributed by atoms with E-state index in [-0.39, 0.29) is 5.91 Å². The van der Waals surface area contributed by atoms with Crippen molar-refractivity contribution in [2.24, 2.45) is 17.8 Å². The first-order valence-electron chi connectivity index (χ1n) is 8.43. The van der Waals surface area contributed by atoms with E-state index in [2.05, 4.69) is 32.8 Å². The number of carbonyl (C=O) groups excluding carboxylic acids is 1. The third-order valence-corrected chi connectivity index (χ3v) is 5.07. The van der Waals surface area contributed by atoms with Crippen LogP contribution in [0.4, 0.5) is 0 Å². The summed E-state index contributed by atoms with van der Waals surface area (Å²) in [6.45, 7) is 0.775. The molecular weight excluding hydrogens is 306 g/mol. The molecule has 0 unspecified atom stereocenters. The highest BCUT2D eigenvalue weighted by Gasteiger charge is 2.35. The van der Waals surface area contributed by atoms with Crippen LogP contribution >= 0.6 is 0 Å². The predicted octanol–water partition coefficient (Wildman–Crippen LogP) is 1.39. The van der Waals surface area contributed by atoms with Crippen molar-refractivity contribution < 1.29 is 9.53 Å². The molecule has 0 aliphatic heterocycles. The Morgan fingerprint density at radius 3 is 3.00 bits per heavy atom. The number of nitrogens with one attached hydrogen (secondary N) is 1. The maximum absolute atomic E-state index is 12.1. The van der Waals surface area contributed by atoms with Crippen LogP contribution in [0.5, 0.6) is 5.88 Å². The molecule has 0 aromatic carbocycles. The number of hydrogen-bond acceptors (Lipinski definition) is 5. The first-order chi connectivity index (χ1) is 11.7. The first kappa shape index (κ1) is 15.1. The molecule has 3 atom stereocenters. The minimum absolute atomic E-state index is 0.0569. The molecule has 126 valence electrons. The summed E-state index contributed by atoms with van der Waals surface area (Å²) in [6.07, 6.45) is 7.99. The zero-order valence-corrected chi connectivity index (χ0v) is 13.7. The molecule has 2 aliphatic rings. The molecule has 2 aliphatic carbocycles. The van der Waals surface area contributed by atoms with Gasteiger partial charge in [-0.15, -0.1) is 15.3 Å². The second-order valence-corrected chi connectivity index (χ2v) is 6.61. The van der Waals surface area contributed by atoms with Crippen molar-refractivity contribution in [3.8, 4) is 5.88 Å². The van der Waals surface area contributed by atoms with Gasteiger partial charge in [-0.1, -0.05) is 12.2 Å². The lowest BCUT2D eigenvalue weighted by atomic mass is 9.93. The molecule has 24 heavy (non-hydrogen) atoms. The number of methoxy groups -OCH3 is 1. The predicted molar refractivity (Wildman–Crippen MR) is 87.5 cm³/mol. The zero-order valence-electron chi connectivity index (χ0n) is 13.7. The molecule has 4 rings (SSSR count). The largest absolute Gasteiger partial charge is 0.480 e. The molecule has 1 saturated carbocycles. The van der Waals surface area contributed by atoms with Crippen LogP contribution in [0.15, 0.2) is 24.3 Å². The Hall–Kier alpha value is -2.44. The Morgan fingerprint density at radius 1 is 1.33 bits per heavy atom. The van der Waals surface area contributed by atoms with Crippen LogP contribution in [-0.2, 0) is 11.2 Å². The van der Waals surface area contributed by atoms with E-state index in [1.165, 1.54) is 12.8 Å². The van der Waals surface area contributed by atoms with Gasteiger partial charge >= 0.3 is 0 Å². The van der Waals surface area contributed by atoms with Gasteiger partial charge in [-0.3, -0.25) is 4.79 Å². The number of fused-ring (bicyclic) bond motifs is 3. The van der Waals surface area contributed by atoms with Gasteiger partial charge in [-0.25, -0.2) is 0 Å². The van der Waals surface area contributed by atoms with Crippen LogP contribution in [0, 0.1) is 17.8 Å². The summed E-state index contributed by atoms with van der Waals surface area (Å²) in [4.78, 5) is 12.1. The highest BCUT2D eigenvalue weighted by atomic mass is 16.5. The molecule has 7 nitrogen and oxygen atoms in total. The lowest BCUT2D eigenvalue weighted by Gasteiger charge is -2.18. The van der Waals surface area contributed by atoms with Crippen molar-refractivity contribution in [1.82, 2.24) is 25.1 Å². The number of ether oxygens (including phenoxy) is 1. The normalized spacial score (nSPS) is 24.6. The molecule has 0 saturated heterocycles. The molecule has 2 heterocycles. The van der Waals surface area contributed by atoms with Gasteiger partial charge < -0.3 is 10.1 Å². The fourth-order valence-electron chi connectivity index (χ4n) is 3.77. The van der Waals surface area contributed by atoms with Crippen LogP contribution in [0.2, 0.25) is 0 Å². The van der Waals surface area contributed by atoms with Crippen molar-refractivity contribution >= 4 is 11.6 Å². The molecule has 0 spiro atoms. The van der Waals surface area contributed by atoms with Crippen molar-refractivity contribution in [3.05, 3.63) is 30.1 Å². The van der Waals surface area contributed by atoms with Gasteiger partial charge in [0.15, 0.2) is 11.5 Å². The Labute approximate surface area is 140 Å². The summed E-state index contributed by atoms with van der Waals surface area (Å²) in [5.41, 5.74) is 0.653. The smallest absolute Gasteiger partial charge is 0.231 e. The lowest BCUT2D eigenvalue weighted by Crippen LogP contribution is -2.31. The van der Waals surface area contributed by atoms with Gasteiger partial charge in [-0.2, -0.15) is 4.52 Å². The average Bonchev–Trinajstić information content (AvgIpc) is 3.32. The number of aryl methyl sites for hydroxylation is 1. The van der Waals surface area contributed by atoms with E-state index in [1.807, 2.05) is 0 Å². The minimum atomic E-state index is 0.0569. The number of nitrogens with zero attached hydrogens (tertiary/aromatic N) is 4. The topological polar surface area (TPSA) is 81.4 Å². The molecule has 1 N–H and O–H groups in total. The van der Waals surface area contributed by atoms with E-state index in [0.717, 1.165) is 12.5 Å². The number of rotatable bonds is 6. The van der Waals surface area contributed by atoms with E-state index in [1.54, 1.807) is 23.8 Å². The zero-order chi connectivity index (χ0) is 16.5. The summed E-state index contributed by atoms with van der Waals surface area (Å²) in [7, 11) is 1.57. The summed E-state index contributed by atoms with van der Waals surface area (Å²) >= 11 is 0. The fourth-order valence-corrected chi connectivity index (χ4v) is 3.77. The number of hydrogen-bond donors (Lipinski definition) is 1. The Kier molecular flexibility index (Phi) is 3.92. The number of allylic oxidation sites excluding steroid dienone is 2. The van der Waals surface area contributed by atoms with Crippen molar-refractivity contribution in [2.45, 2.75) is 25.7 Å².